The van der Waals surface area contributed by atoms with Gasteiger partial charge in [0.2, 0.25) is 0 Å². The maximum Gasteiger partial charge on any atom is 0.321 e. The third kappa shape index (κ3) is 2.42. The molecule has 0 unspecified atom stereocenters. The second-order valence-corrected chi connectivity index (χ2v) is 4.51. The number of urea groups is 1. The van der Waals surface area contributed by atoms with Crippen molar-refractivity contribution in [1.29, 1.82) is 0 Å². The topological polar surface area (TPSA) is 32.3 Å². The fourth-order valence-corrected chi connectivity index (χ4v) is 2.06. The highest BCUT2D eigenvalue weighted by molar-refractivity contribution is 6.43. The van der Waals surface area contributed by atoms with E-state index in [2.05, 4.69) is 5.32 Å². The van der Waals surface area contributed by atoms with Gasteiger partial charge in [-0.15, -0.1) is 0 Å². The van der Waals surface area contributed by atoms with Gasteiger partial charge < -0.3 is 10.2 Å². The van der Waals surface area contributed by atoms with Gasteiger partial charge in [0.15, 0.2) is 0 Å². The molecule has 86 valence electrons. The van der Waals surface area contributed by atoms with E-state index in [1.165, 1.54) is 0 Å². The summed E-state index contributed by atoms with van der Waals surface area (Å²) in [5.74, 6) is 0. The molecule has 1 aromatic rings. The lowest BCUT2D eigenvalue weighted by Gasteiger charge is -2.16. The first-order chi connectivity index (χ1) is 7.68. The number of carbonyl (C=O) groups excluding carboxylic acids is 1. The van der Waals surface area contributed by atoms with Crippen LogP contribution in [0.1, 0.15) is 12.8 Å². The van der Waals surface area contributed by atoms with Gasteiger partial charge in [0.25, 0.3) is 0 Å². The Hall–Kier alpha value is -0.930. The summed E-state index contributed by atoms with van der Waals surface area (Å²) in [5, 5.41) is 3.59. The van der Waals surface area contributed by atoms with Crippen LogP contribution in [0.3, 0.4) is 0 Å². The molecular weight excluding hydrogens is 247 g/mol. The third-order valence-corrected chi connectivity index (χ3v) is 3.41. The van der Waals surface area contributed by atoms with Crippen LogP contribution in [-0.2, 0) is 0 Å². The molecular formula is C11H12Cl2N2O. The van der Waals surface area contributed by atoms with Crippen LogP contribution in [0.5, 0.6) is 0 Å². The van der Waals surface area contributed by atoms with E-state index in [0.29, 0.717) is 15.7 Å². The van der Waals surface area contributed by atoms with Crippen LogP contribution in [0.2, 0.25) is 10.0 Å². The number of amides is 2. The molecule has 1 saturated heterocycles. The number of benzene rings is 1. The number of likely N-dealkylation sites (tertiary alicyclic amines) is 1. The Morgan fingerprint density at radius 3 is 2.62 bits per heavy atom. The fourth-order valence-electron chi connectivity index (χ4n) is 1.71. The number of rotatable bonds is 1. The zero-order valence-electron chi connectivity index (χ0n) is 8.67. The molecule has 16 heavy (non-hydrogen) atoms. The SMILES string of the molecule is O=C(Nc1cccc(Cl)c1Cl)N1CCCC1. The van der Waals surface area contributed by atoms with E-state index in [1.807, 2.05) is 0 Å². The molecule has 0 atom stereocenters. The monoisotopic (exact) mass is 258 g/mol. The molecule has 0 radical (unpaired) electrons. The highest BCUT2D eigenvalue weighted by Crippen LogP contribution is 2.29. The van der Waals surface area contributed by atoms with Gasteiger partial charge in [-0.25, -0.2) is 4.79 Å². The largest absolute Gasteiger partial charge is 0.325 e. The van der Waals surface area contributed by atoms with Crippen LogP contribution >= 0.6 is 23.2 Å². The standard InChI is InChI=1S/C11H12Cl2N2O/c12-8-4-3-5-9(10(8)13)14-11(16)15-6-1-2-7-15/h3-5H,1-2,6-7H2,(H,14,16). The minimum absolute atomic E-state index is 0.110. The number of hydrogen-bond acceptors (Lipinski definition) is 1. The lowest BCUT2D eigenvalue weighted by Crippen LogP contribution is -2.32. The van der Waals surface area contributed by atoms with Gasteiger partial charge in [-0.1, -0.05) is 29.3 Å². The van der Waals surface area contributed by atoms with Gasteiger partial charge in [-0.2, -0.15) is 0 Å². The Morgan fingerprint density at radius 2 is 1.94 bits per heavy atom. The average Bonchev–Trinajstić information content (AvgIpc) is 2.78. The fraction of sp³-hybridized carbons (Fsp3) is 0.364. The summed E-state index contributed by atoms with van der Waals surface area (Å²) in [6.45, 7) is 1.62. The highest BCUT2D eigenvalue weighted by atomic mass is 35.5. The van der Waals surface area contributed by atoms with E-state index < -0.39 is 0 Å². The second kappa shape index (κ2) is 4.93. The van der Waals surface area contributed by atoms with Crippen molar-refractivity contribution in [2.24, 2.45) is 0 Å². The molecule has 1 aliphatic rings. The maximum atomic E-state index is 11.8. The van der Waals surface area contributed by atoms with Crippen molar-refractivity contribution in [1.82, 2.24) is 4.90 Å². The summed E-state index contributed by atoms with van der Waals surface area (Å²) in [7, 11) is 0. The summed E-state index contributed by atoms with van der Waals surface area (Å²) in [5.41, 5.74) is 0.561. The van der Waals surface area contributed by atoms with E-state index in [0.717, 1.165) is 25.9 Å². The lowest BCUT2D eigenvalue weighted by molar-refractivity contribution is 0.222. The van der Waals surface area contributed by atoms with Crippen molar-refractivity contribution in [2.45, 2.75) is 12.8 Å². The molecule has 5 heteroatoms. The number of nitrogens with zero attached hydrogens (tertiary/aromatic N) is 1. The van der Waals surface area contributed by atoms with Crippen LogP contribution in [0.4, 0.5) is 10.5 Å². The molecule has 1 fully saturated rings. The van der Waals surface area contributed by atoms with Crippen molar-refractivity contribution in [3.8, 4) is 0 Å². The summed E-state index contributed by atoms with van der Waals surface area (Å²) in [4.78, 5) is 13.6. The first-order valence-electron chi connectivity index (χ1n) is 5.18. The zero-order valence-corrected chi connectivity index (χ0v) is 10.2. The Morgan fingerprint density at radius 1 is 1.25 bits per heavy atom. The molecule has 2 amide bonds. The quantitative estimate of drug-likeness (QED) is 0.820. The van der Waals surface area contributed by atoms with Gasteiger partial charge >= 0.3 is 6.03 Å². The average molecular weight is 259 g/mol. The molecule has 0 spiro atoms. The number of anilines is 1. The van der Waals surface area contributed by atoms with E-state index in [4.69, 9.17) is 23.2 Å². The molecule has 1 aliphatic heterocycles. The zero-order chi connectivity index (χ0) is 11.5. The predicted octanol–water partition coefficient (Wildman–Crippen LogP) is 3.62. The molecule has 0 bridgehead atoms. The highest BCUT2D eigenvalue weighted by Gasteiger charge is 2.18. The van der Waals surface area contributed by atoms with Gasteiger partial charge in [0.05, 0.1) is 15.7 Å². The Bertz CT molecular complexity index is 403. The molecule has 1 aromatic carbocycles. The maximum absolute atomic E-state index is 11.8. The van der Waals surface area contributed by atoms with Gasteiger partial charge in [0, 0.05) is 13.1 Å². The third-order valence-electron chi connectivity index (χ3n) is 2.59. The van der Waals surface area contributed by atoms with Crippen molar-refractivity contribution in [3.05, 3.63) is 28.2 Å². The Labute approximate surface area is 104 Å². The summed E-state index contributed by atoms with van der Waals surface area (Å²) in [6, 6.07) is 5.08. The van der Waals surface area contributed by atoms with Crippen molar-refractivity contribution >= 4 is 34.9 Å². The van der Waals surface area contributed by atoms with Crippen molar-refractivity contribution < 1.29 is 4.79 Å². The molecule has 0 aliphatic carbocycles. The normalized spacial score (nSPS) is 15.2. The second-order valence-electron chi connectivity index (χ2n) is 3.73. The molecule has 0 saturated carbocycles. The lowest BCUT2D eigenvalue weighted by atomic mass is 10.3. The minimum atomic E-state index is -0.110. The minimum Gasteiger partial charge on any atom is -0.325 e. The van der Waals surface area contributed by atoms with Crippen LogP contribution in [0.15, 0.2) is 18.2 Å². The summed E-state index contributed by atoms with van der Waals surface area (Å²) >= 11 is 11.8. The van der Waals surface area contributed by atoms with Gasteiger partial charge in [0.1, 0.15) is 0 Å². The van der Waals surface area contributed by atoms with E-state index in [9.17, 15) is 4.79 Å². The number of hydrogen-bond donors (Lipinski definition) is 1. The Balaban J connectivity index is 2.08. The first-order valence-corrected chi connectivity index (χ1v) is 5.94. The van der Waals surface area contributed by atoms with Crippen LogP contribution in [-0.4, -0.2) is 24.0 Å². The number of carbonyl (C=O) groups is 1. The first kappa shape index (κ1) is 11.6. The molecule has 1 heterocycles. The van der Waals surface area contributed by atoms with E-state index in [1.54, 1.807) is 23.1 Å². The van der Waals surface area contributed by atoms with Gasteiger partial charge in [-0.3, -0.25) is 0 Å². The van der Waals surface area contributed by atoms with E-state index in [-0.39, 0.29) is 6.03 Å². The molecule has 0 aromatic heterocycles. The van der Waals surface area contributed by atoms with Crippen LogP contribution in [0, 0.1) is 0 Å². The molecule has 2 rings (SSSR count). The summed E-state index contributed by atoms with van der Waals surface area (Å²) < 4.78 is 0. The number of halogens is 2. The smallest absolute Gasteiger partial charge is 0.321 e. The van der Waals surface area contributed by atoms with Crippen molar-refractivity contribution in [3.63, 3.8) is 0 Å². The number of nitrogens with one attached hydrogen (secondary N) is 1. The van der Waals surface area contributed by atoms with Crippen LogP contribution in [0.25, 0.3) is 0 Å². The van der Waals surface area contributed by atoms with Crippen molar-refractivity contribution in [2.75, 3.05) is 18.4 Å². The molecule has 3 nitrogen and oxygen atoms in total. The van der Waals surface area contributed by atoms with Gasteiger partial charge in [-0.05, 0) is 25.0 Å². The predicted molar refractivity (Wildman–Crippen MR) is 66.3 cm³/mol. The van der Waals surface area contributed by atoms with Crippen LogP contribution < -0.4 is 5.32 Å². The molecule has 1 N–H and O–H groups in total. The van der Waals surface area contributed by atoms with E-state index >= 15 is 0 Å². The summed E-state index contributed by atoms with van der Waals surface area (Å²) in [6.07, 6.45) is 2.13. The Kier molecular flexibility index (Phi) is 3.56.